The molecular weight excluding hydrogens is 288 g/mol. The van der Waals surface area contributed by atoms with E-state index in [1.54, 1.807) is 24.3 Å². The summed E-state index contributed by atoms with van der Waals surface area (Å²) in [5.41, 5.74) is 6.00. The van der Waals surface area contributed by atoms with Gasteiger partial charge in [-0.2, -0.15) is 0 Å². The van der Waals surface area contributed by atoms with Crippen LogP contribution in [0.15, 0.2) is 54.6 Å². The molecule has 1 amide bonds. The Bertz CT molecular complexity index is 601. The van der Waals surface area contributed by atoms with Crippen LogP contribution < -0.4 is 11.1 Å². The van der Waals surface area contributed by atoms with Gasteiger partial charge in [0.25, 0.3) is 0 Å². The van der Waals surface area contributed by atoms with Crippen LogP contribution >= 0.6 is 11.6 Å². The van der Waals surface area contributed by atoms with Crippen LogP contribution in [0.5, 0.6) is 0 Å². The number of anilines is 1. The van der Waals surface area contributed by atoms with E-state index in [0.717, 1.165) is 11.3 Å². The van der Waals surface area contributed by atoms with Gasteiger partial charge in [-0.05, 0) is 29.8 Å². The Hall–Kier alpha value is -2.04. The lowest BCUT2D eigenvalue weighted by Crippen LogP contribution is -2.51. The quantitative estimate of drug-likeness (QED) is 0.862. The topological polar surface area (TPSA) is 64.3 Å². The van der Waals surface area contributed by atoms with Crippen molar-refractivity contribution < 1.29 is 9.53 Å². The highest BCUT2D eigenvalue weighted by Crippen LogP contribution is 2.27. The number of amides is 1. The maximum atomic E-state index is 12.1. The van der Waals surface area contributed by atoms with Gasteiger partial charge in [-0.15, -0.1) is 0 Å². The fourth-order valence-electron chi connectivity index (χ4n) is 2.19. The molecule has 0 saturated heterocycles. The lowest BCUT2D eigenvalue weighted by atomic mass is 9.89. The molecule has 0 aromatic heterocycles. The van der Waals surface area contributed by atoms with Crippen molar-refractivity contribution in [3.05, 3.63) is 65.2 Å². The van der Waals surface area contributed by atoms with Crippen LogP contribution in [0, 0.1) is 0 Å². The lowest BCUT2D eigenvalue weighted by molar-refractivity contribution is -0.124. The molecule has 0 bridgehead atoms. The summed E-state index contributed by atoms with van der Waals surface area (Å²) in [5.74, 6) is -0.509. The number of nitrogens with two attached hydrogens (primary N) is 1. The molecule has 0 saturated carbocycles. The SMILES string of the molecule is COCC(Nc1ccc(Cl)cc1)(C(N)=O)c1ccccc1. The molecule has 0 aliphatic carbocycles. The van der Waals surface area contributed by atoms with E-state index in [1.165, 1.54) is 7.11 Å². The van der Waals surface area contributed by atoms with Gasteiger partial charge >= 0.3 is 0 Å². The van der Waals surface area contributed by atoms with Crippen LogP contribution in [0.25, 0.3) is 0 Å². The van der Waals surface area contributed by atoms with Crippen LogP contribution in [0.2, 0.25) is 5.02 Å². The second-order valence-corrected chi connectivity index (χ2v) is 5.14. The zero-order valence-corrected chi connectivity index (χ0v) is 12.4. The van der Waals surface area contributed by atoms with Crippen molar-refractivity contribution in [2.45, 2.75) is 5.54 Å². The van der Waals surface area contributed by atoms with Gasteiger partial charge in [-0.25, -0.2) is 0 Å². The Morgan fingerprint density at radius 2 is 1.81 bits per heavy atom. The summed E-state index contributed by atoms with van der Waals surface area (Å²) < 4.78 is 5.23. The molecule has 21 heavy (non-hydrogen) atoms. The number of methoxy groups -OCH3 is 1. The molecule has 0 fully saturated rings. The van der Waals surface area contributed by atoms with Crippen LogP contribution in [0.3, 0.4) is 0 Å². The third kappa shape index (κ3) is 3.35. The largest absolute Gasteiger partial charge is 0.381 e. The number of ether oxygens (including phenoxy) is 1. The van der Waals surface area contributed by atoms with E-state index >= 15 is 0 Å². The first kappa shape index (κ1) is 15.4. The predicted molar refractivity (Wildman–Crippen MR) is 84.3 cm³/mol. The van der Waals surface area contributed by atoms with E-state index in [0.29, 0.717) is 5.02 Å². The molecule has 0 aliphatic heterocycles. The maximum absolute atomic E-state index is 12.1. The minimum atomic E-state index is -1.14. The molecule has 0 heterocycles. The Labute approximate surface area is 128 Å². The summed E-state index contributed by atoms with van der Waals surface area (Å²) in [5, 5.41) is 3.80. The van der Waals surface area contributed by atoms with Crippen LogP contribution in [-0.2, 0) is 15.1 Å². The van der Waals surface area contributed by atoms with Gasteiger partial charge in [0.1, 0.15) is 0 Å². The van der Waals surface area contributed by atoms with Crippen LogP contribution in [-0.4, -0.2) is 19.6 Å². The fourth-order valence-corrected chi connectivity index (χ4v) is 2.31. The summed E-state index contributed by atoms with van der Waals surface area (Å²) in [6, 6.07) is 16.3. The smallest absolute Gasteiger partial charge is 0.250 e. The fraction of sp³-hybridized carbons (Fsp3) is 0.188. The van der Waals surface area contributed by atoms with E-state index in [9.17, 15) is 4.79 Å². The normalized spacial score (nSPS) is 13.4. The first-order chi connectivity index (χ1) is 10.1. The van der Waals surface area contributed by atoms with Crippen molar-refractivity contribution in [2.75, 3.05) is 19.0 Å². The molecular formula is C16H17ClN2O2. The minimum Gasteiger partial charge on any atom is -0.381 e. The third-order valence-electron chi connectivity index (χ3n) is 3.25. The lowest BCUT2D eigenvalue weighted by Gasteiger charge is -2.32. The highest BCUT2D eigenvalue weighted by molar-refractivity contribution is 6.30. The number of hydrogen-bond donors (Lipinski definition) is 2. The molecule has 0 aliphatic rings. The highest BCUT2D eigenvalue weighted by atomic mass is 35.5. The van der Waals surface area contributed by atoms with Crippen molar-refractivity contribution in [1.29, 1.82) is 0 Å². The van der Waals surface area contributed by atoms with Gasteiger partial charge in [0.2, 0.25) is 5.91 Å². The van der Waals surface area contributed by atoms with E-state index in [1.807, 2.05) is 30.3 Å². The number of benzene rings is 2. The second-order valence-electron chi connectivity index (χ2n) is 4.70. The highest BCUT2D eigenvalue weighted by Gasteiger charge is 2.38. The summed E-state index contributed by atoms with van der Waals surface area (Å²) in [6.07, 6.45) is 0. The molecule has 2 aromatic carbocycles. The number of primary amides is 1. The molecule has 0 radical (unpaired) electrons. The molecule has 5 heteroatoms. The Morgan fingerprint density at radius 3 is 2.33 bits per heavy atom. The van der Waals surface area contributed by atoms with Gasteiger partial charge < -0.3 is 15.8 Å². The summed E-state index contributed by atoms with van der Waals surface area (Å²) in [6.45, 7) is 0.120. The number of nitrogens with one attached hydrogen (secondary N) is 1. The number of carbonyl (C=O) groups is 1. The molecule has 0 spiro atoms. The molecule has 1 unspecified atom stereocenters. The zero-order valence-electron chi connectivity index (χ0n) is 11.7. The van der Waals surface area contributed by atoms with Crippen LogP contribution in [0.1, 0.15) is 5.56 Å². The molecule has 4 nitrogen and oxygen atoms in total. The van der Waals surface area contributed by atoms with Gasteiger partial charge in [0, 0.05) is 17.8 Å². The Balaban J connectivity index is 2.44. The second kappa shape index (κ2) is 6.61. The first-order valence-corrected chi connectivity index (χ1v) is 6.84. The molecule has 2 aromatic rings. The van der Waals surface area contributed by atoms with Gasteiger partial charge in [0.05, 0.1) is 6.61 Å². The maximum Gasteiger partial charge on any atom is 0.250 e. The molecule has 3 N–H and O–H groups in total. The van der Waals surface area contributed by atoms with Crippen molar-refractivity contribution in [3.63, 3.8) is 0 Å². The van der Waals surface area contributed by atoms with E-state index in [2.05, 4.69) is 5.32 Å². The van der Waals surface area contributed by atoms with Gasteiger partial charge in [-0.3, -0.25) is 4.79 Å². The molecule has 2 rings (SSSR count). The average Bonchev–Trinajstić information content (AvgIpc) is 2.49. The van der Waals surface area contributed by atoms with Gasteiger partial charge in [-0.1, -0.05) is 41.9 Å². The summed E-state index contributed by atoms with van der Waals surface area (Å²) in [7, 11) is 1.53. The number of rotatable bonds is 6. The number of carbonyl (C=O) groups excluding carboxylic acids is 1. The molecule has 110 valence electrons. The minimum absolute atomic E-state index is 0.120. The summed E-state index contributed by atoms with van der Waals surface area (Å²) >= 11 is 5.88. The Morgan fingerprint density at radius 1 is 1.19 bits per heavy atom. The van der Waals surface area contributed by atoms with E-state index in [4.69, 9.17) is 22.1 Å². The van der Waals surface area contributed by atoms with E-state index in [-0.39, 0.29) is 6.61 Å². The van der Waals surface area contributed by atoms with Crippen molar-refractivity contribution >= 4 is 23.2 Å². The van der Waals surface area contributed by atoms with Crippen molar-refractivity contribution in [2.24, 2.45) is 5.73 Å². The predicted octanol–water partition coefficient (Wildman–Crippen LogP) is 2.78. The standard InChI is InChI=1S/C16H17ClN2O2/c1-21-11-16(15(18)20,12-5-3-2-4-6-12)19-14-9-7-13(17)8-10-14/h2-10,19H,11H2,1H3,(H2,18,20). The number of hydrogen-bond acceptors (Lipinski definition) is 3. The van der Waals surface area contributed by atoms with E-state index < -0.39 is 11.4 Å². The summed E-state index contributed by atoms with van der Waals surface area (Å²) in [4.78, 5) is 12.1. The monoisotopic (exact) mass is 304 g/mol. The van der Waals surface area contributed by atoms with Crippen molar-refractivity contribution in [3.8, 4) is 0 Å². The zero-order chi connectivity index (χ0) is 15.3. The van der Waals surface area contributed by atoms with Gasteiger partial charge in [0.15, 0.2) is 5.54 Å². The Kier molecular flexibility index (Phi) is 4.83. The van der Waals surface area contributed by atoms with Crippen molar-refractivity contribution in [1.82, 2.24) is 0 Å². The average molecular weight is 305 g/mol. The van der Waals surface area contributed by atoms with Crippen LogP contribution in [0.4, 0.5) is 5.69 Å². The number of halogens is 1. The molecule has 1 atom stereocenters. The first-order valence-electron chi connectivity index (χ1n) is 6.46. The third-order valence-corrected chi connectivity index (χ3v) is 3.50.